The number of hydrogen-bond acceptors (Lipinski definition) is 6. The minimum absolute atomic E-state index is 0.109. The van der Waals surface area contributed by atoms with Gasteiger partial charge in [-0.1, -0.05) is 12.1 Å². The van der Waals surface area contributed by atoms with Gasteiger partial charge in [-0.25, -0.2) is 4.79 Å². The molecule has 0 aromatic heterocycles. The maximum Gasteiger partial charge on any atom is 0.348 e. The number of ether oxygens (including phenoxy) is 3. The summed E-state index contributed by atoms with van der Waals surface area (Å²) in [6.45, 7) is 2.14. The molecule has 28 heavy (non-hydrogen) atoms. The number of carbonyl (C=O) groups excluding carboxylic acids is 1. The monoisotopic (exact) mass is 440 g/mol. The molecule has 0 unspecified atom stereocenters. The number of nitrogens with zero attached hydrogens (tertiary/aromatic N) is 2. The molecular weight excluding hydrogens is 424 g/mol. The maximum atomic E-state index is 11.8. The van der Waals surface area contributed by atoms with Gasteiger partial charge in [-0.15, -0.1) is 0 Å². The van der Waals surface area contributed by atoms with Crippen LogP contribution in [0.25, 0.3) is 6.08 Å². The zero-order chi connectivity index (χ0) is 20.5. The topological polar surface area (TPSA) is 92.3 Å². The zero-order valence-corrected chi connectivity index (χ0v) is 16.9. The summed E-state index contributed by atoms with van der Waals surface area (Å²) in [5, 5.41) is 18.0. The third-order valence-corrected chi connectivity index (χ3v) is 4.23. The van der Waals surface area contributed by atoms with Crippen LogP contribution in [0.15, 0.2) is 46.4 Å². The largest absolute Gasteiger partial charge is 0.493 e. The number of benzene rings is 2. The van der Waals surface area contributed by atoms with Crippen LogP contribution in [0.3, 0.4) is 0 Å². The van der Waals surface area contributed by atoms with Gasteiger partial charge in [0.1, 0.15) is 18.2 Å². The van der Waals surface area contributed by atoms with E-state index >= 15 is 0 Å². The van der Waals surface area contributed by atoms with Gasteiger partial charge < -0.3 is 14.2 Å². The number of carbonyl (C=O) groups is 1. The number of nitriles is 2. The van der Waals surface area contributed by atoms with Crippen molar-refractivity contribution in [2.24, 2.45) is 0 Å². The number of hydrogen-bond donors (Lipinski definition) is 0. The summed E-state index contributed by atoms with van der Waals surface area (Å²) in [6, 6.07) is 14.4. The van der Waals surface area contributed by atoms with Gasteiger partial charge in [0.25, 0.3) is 0 Å². The second kappa shape index (κ2) is 10.1. The molecule has 2 aromatic carbocycles. The Morgan fingerprint density at radius 2 is 1.93 bits per heavy atom. The van der Waals surface area contributed by atoms with Crippen LogP contribution in [0.2, 0.25) is 0 Å². The van der Waals surface area contributed by atoms with Gasteiger partial charge >= 0.3 is 5.97 Å². The van der Waals surface area contributed by atoms with Crippen molar-refractivity contribution in [2.45, 2.75) is 13.5 Å². The van der Waals surface area contributed by atoms with Crippen LogP contribution in [0.1, 0.15) is 23.6 Å². The first kappa shape index (κ1) is 21.0. The average molecular weight is 441 g/mol. The Labute approximate surface area is 171 Å². The van der Waals surface area contributed by atoms with Crippen molar-refractivity contribution in [3.05, 3.63) is 63.1 Å². The Hall–Kier alpha value is -3.29. The van der Waals surface area contributed by atoms with E-state index in [0.717, 1.165) is 5.56 Å². The molecule has 0 aliphatic heterocycles. The summed E-state index contributed by atoms with van der Waals surface area (Å²) in [7, 11) is 1.50. The summed E-state index contributed by atoms with van der Waals surface area (Å²) in [4.78, 5) is 11.8. The van der Waals surface area contributed by atoms with Crippen LogP contribution in [0.4, 0.5) is 0 Å². The fourth-order valence-corrected chi connectivity index (χ4v) is 2.88. The predicted molar refractivity (Wildman–Crippen MR) is 106 cm³/mol. The van der Waals surface area contributed by atoms with Crippen molar-refractivity contribution in [1.82, 2.24) is 0 Å². The van der Waals surface area contributed by atoms with E-state index in [1.807, 2.05) is 18.2 Å². The number of methoxy groups -OCH3 is 1. The van der Waals surface area contributed by atoms with Gasteiger partial charge in [-0.3, -0.25) is 0 Å². The second-order valence-electron chi connectivity index (χ2n) is 5.52. The highest BCUT2D eigenvalue weighted by molar-refractivity contribution is 9.10. The summed E-state index contributed by atoms with van der Waals surface area (Å²) >= 11 is 3.44. The molecule has 6 nitrogen and oxygen atoms in total. The van der Waals surface area contributed by atoms with Crippen LogP contribution in [0.5, 0.6) is 11.5 Å². The van der Waals surface area contributed by atoms with Gasteiger partial charge in [0.2, 0.25) is 0 Å². The van der Waals surface area contributed by atoms with Crippen LogP contribution >= 0.6 is 15.9 Å². The SMILES string of the molecule is CCOC(=O)/C(C#N)=C/c1cc(Br)c(OCc2ccc(C#N)cc2)c(OC)c1. The molecule has 2 aromatic rings. The van der Waals surface area contributed by atoms with Gasteiger partial charge in [0.15, 0.2) is 11.5 Å². The summed E-state index contributed by atoms with van der Waals surface area (Å²) in [6.07, 6.45) is 1.43. The summed E-state index contributed by atoms with van der Waals surface area (Å²) < 4.78 is 16.7. The molecule has 0 aliphatic carbocycles. The highest BCUT2D eigenvalue weighted by atomic mass is 79.9. The molecule has 0 N–H and O–H groups in total. The van der Waals surface area contributed by atoms with E-state index in [2.05, 4.69) is 22.0 Å². The fourth-order valence-electron chi connectivity index (χ4n) is 2.31. The molecule has 0 saturated heterocycles. The first-order chi connectivity index (χ1) is 13.5. The quantitative estimate of drug-likeness (QED) is 0.360. The van der Waals surface area contributed by atoms with E-state index < -0.39 is 5.97 Å². The lowest BCUT2D eigenvalue weighted by Crippen LogP contribution is -2.06. The molecule has 142 valence electrons. The molecule has 0 aliphatic rings. The molecule has 0 amide bonds. The molecule has 0 fully saturated rings. The van der Waals surface area contributed by atoms with Gasteiger partial charge in [0, 0.05) is 0 Å². The molecule has 0 saturated carbocycles. The first-order valence-corrected chi connectivity index (χ1v) is 9.10. The van der Waals surface area contributed by atoms with Crippen molar-refractivity contribution < 1.29 is 19.0 Å². The van der Waals surface area contributed by atoms with Crippen molar-refractivity contribution in [3.8, 4) is 23.6 Å². The number of esters is 1. The van der Waals surface area contributed by atoms with Crippen molar-refractivity contribution in [1.29, 1.82) is 10.5 Å². The Bertz CT molecular complexity index is 970. The lowest BCUT2D eigenvalue weighted by Gasteiger charge is -2.14. The van der Waals surface area contributed by atoms with Crippen molar-refractivity contribution >= 4 is 28.0 Å². The maximum absolute atomic E-state index is 11.8. The third kappa shape index (κ3) is 5.35. The highest BCUT2D eigenvalue weighted by Gasteiger charge is 2.14. The van der Waals surface area contributed by atoms with E-state index in [-0.39, 0.29) is 18.8 Å². The van der Waals surface area contributed by atoms with Crippen LogP contribution < -0.4 is 9.47 Å². The van der Waals surface area contributed by atoms with E-state index in [0.29, 0.717) is 27.1 Å². The van der Waals surface area contributed by atoms with E-state index in [1.165, 1.54) is 13.2 Å². The van der Waals surface area contributed by atoms with Crippen LogP contribution in [-0.2, 0) is 16.1 Å². The zero-order valence-electron chi connectivity index (χ0n) is 15.4. The van der Waals surface area contributed by atoms with E-state index in [4.69, 9.17) is 19.5 Å². The average Bonchev–Trinajstić information content (AvgIpc) is 2.71. The molecular formula is C21H17BrN2O4. The third-order valence-electron chi connectivity index (χ3n) is 3.64. The minimum atomic E-state index is -0.679. The molecule has 7 heteroatoms. The fraction of sp³-hybridized carbons (Fsp3) is 0.190. The molecule has 0 heterocycles. The predicted octanol–water partition coefficient (Wildman–Crippen LogP) is 4.38. The Balaban J connectivity index is 2.26. The van der Waals surface area contributed by atoms with Gasteiger partial charge in [0.05, 0.1) is 29.8 Å². The lowest BCUT2D eigenvalue weighted by molar-refractivity contribution is -0.137. The molecule has 0 spiro atoms. The van der Waals surface area contributed by atoms with Crippen LogP contribution in [0, 0.1) is 22.7 Å². The Kier molecular flexibility index (Phi) is 7.62. The lowest BCUT2D eigenvalue weighted by atomic mass is 10.1. The minimum Gasteiger partial charge on any atom is -0.493 e. The normalized spacial score (nSPS) is 10.5. The second-order valence-corrected chi connectivity index (χ2v) is 6.38. The standard InChI is InChI=1S/C21H17BrN2O4/c1-3-27-21(25)17(12-24)8-16-9-18(22)20(19(10-16)26-2)28-13-15-6-4-14(11-23)5-7-15/h4-10H,3,13H2,1-2H3/b17-8+. The van der Waals surface area contributed by atoms with Crippen molar-refractivity contribution in [3.63, 3.8) is 0 Å². The summed E-state index contributed by atoms with van der Waals surface area (Å²) in [5.74, 6) is 0.246. The van der Waals surface area contributed by atoms with Crippen molar-refractivity contribution in [2.75, 3.05) is 13.7 Å². The number of rotatable bonds is 7. The van der Waals surface area contributed by atoms with Gasteiger partial charge in [-0.2, -0.15) is 10.5 Å². The highest BCUT2D eigenvalue weighted by Crippen LogP contribution is 2.37. The Morgan fingerprint density at radius 1 is 1.21 bits per heavy atom. The van der Waals surface area contributed by atoms with Crippen LogP contribution in [-0.4, -0.2) is 19.7 Å². The summed E-state index contributed by atoms with van der Waals surface area (Å²) in [5.41, 5.74) is 1.95. The number of halogens is 1. The molecule has 0 bridgehead atoms. The molecule has 0 atom stereocenters. The molecule has 0 radical (unpaired) electrons. The first-order valence-electron chi connectivity index (χ1n) is 8.30. The smallest absolute Gasteiger partial charge is 0.348 e. The molecule has 2 rings (SSSR count). The van der Waals surface area contributed by atoms with E-state index in [9.17, 15) is 10.1 Å². The Morgan fingerprint density at radius 3 is 2.50 bits per heavy atom. The van der Waals surface area contributed by atoms with E-state index in [1.54, 1.807) is 31.2 Å². The van der Waals surface area contributed by atoms with Gasteiger partial charge in [-0.05, 0) is 64.3 Å².